The van der Waals surface area contributed by atoms with E-state index in [1.54, 1.807) is 0 Å². The summed E-state index contributed by atoms with van der Waals surface area (Å²) >= 11 is 0. The van der Waals surface area contributed by atoms with Crippen LogP contribution in [-0.4, -0.2) is 10.3 Å². The molecule has 0 atom stereocenters. The van der Waals surface area contributed by atoms with Gasteiger partial charge in [-0.05, 0) is 42.0 Å². The fourth-order valence-corrected chi connectivity index (χ4v) is 1.95. The molecule has 0 radical (unpaired) electrons. The van der Waals surface area contributed by atoms with Gasteiger partial charge in [0, 0.05) is 5.69 Å². The smallest absolute Gasteiger partial charge is 0.291 e. The number of benzene rings is 1. The summed E-state index contributed by atoms with van der Waals surface area (Å²) in [5.74, 6) is 0. The number of hydrogen-bond acceptors (Lipinski definition) is 3. The molecule has 96 valence electrons. The van der Waals surface area contributed by atoms with Crippen molar-refractivity contribution in [2.24, 2.45) is 0 Å². The minimum absolute atomic E-state index is 0.955. The molecular weight excluding hydrogens is 220 g/mol. The van der Waals surface area contributed by atoms with Crippen molar-refractivity contribution < 1.29 is 10.3 Å². The molecule has 0 aliphatic carbocycles. The maximum atomic E-state index is 8.36. The topological polar surface area (TPSA) is 89.4 Å². The standard InChI is InChI=1S/C12H19N.HNO3/c1-4-9-7-8-12(13)11(6-3)10(9)5-2;2-1(3)4/h7-8H,4-6,13H2,1-3H3;(H,2,3,4). The van der Waals surface area contributed by atoms with Gasteiger partial charge in [0.15, 0.2) is 0 Å². The number of nitrogen functional groups attached to an aromatic ring is 1. The Morgan fingerprint density at radius 3 is 2.00 bits per heavy atom. The predicted molar refractivity (Wildman–Crippen MR) is 67.8 cm³/mol. The van der Waals surface area contributed by atoms with Gasteiger partial charge in [0.1, 0.15) is 0 Å². The van der Waals surface area contributed by atoms with E-state index in [0.29, 0.717) is 0 Å². The molecule has 0 saturated carbocycles. The molecule has 1 rings (SSSR count). The van der Waals surface area contributed by atoms with Gasteiger partial charge in [0.2, 0.25) is 0 Å². The molecular formula is C12H20N2O3. The normalized spacial score (nSPS) is 9.35. The van der Waals surface area contributed by atoms with Gasteiger partial charge in [-0.2, -0.15) is 0 Å². The number of hydrogen-bond donors (Lipinski definition) is 2. The molecule has 17 heavy (non-hydrogen) atoms. The second-order valence-corrected chi connectivity index (χ2v) is 3.57. The second kappa shape index (κ2) is 7.49. The summed E-state index contributed by atoms with van der Waals surface area (Å²) in [6.07, 6.45) is 3.25. The summed E-state index contributed by atoms with van der Waals surface area (Å²) in [5.41, 5.74) is 11.2. The van der Waals surface area contributed by atoms with Crippen molar-refractivity contribution >= 4 is 5.69 Å². The van der Waals surface area contributed by atoms with Crippen LogP contribution in [0.25, 0.3) is 0 Å². The third-order valence-electron chi connectivity index (χ3n) is 2.65. The highest BCUT2D eigenvalue weighted by molar-refractivity contribution is 5.54. The van der Waals surface area contributed by atoms with Crippen molar-refractivity contribution in [3.63, 3.8) is 0 Å². The van der Waals surface area contributed by atoms with E-state index in [0.717, 1.165) is 24.9 Å². The van der Waals surface area contributed by atoms with Crippen molar-refractivity contribution in [3.05, 3.63) is 38.9 Å². The Bertz CT molecular complexity index is 374. The van der Waals surface area contributed by atoms with E-state index in [2.05, 4.69) is 26.8 Å². The van der Waals surface area contributed by atoms with Crippen molar-refractivity contribution in [3.8, 4) is 0 Å². The van der Waals surface area contributed by atoms with Gasteiger partial charge in [-0.1, -0.05) is 26.8 Å². The summed E-state index contributed by atoms with van der Waals surface area (Å²) < 4.78 is 0. The molecule has 0 amide bonds. The average molecular weight is 240 g/mol. The molecule has 5 nitrogen and oxygen atoms in total. The first-order chi connectivity index (χ1) is 7.97. The van der Waals surface area contributed by atoms with Crippen molar-refractivity contribution in [1.82, 2.24) is 0 Å². The number of anilines is 1. The molecule has 0 aliphatic heterocycles. The van der Waals surface area contributed by atoms with Crippen LogP contribution in [0.4, 0.5) is 5.69 Å². The molecule has 0 aliphatic rings. The maximum absolute atomic E-state index is 8.36. The summed E-state index contributed by atoms with van der Waals surface area (Å²) in [7, 11) is 0. The molecule has 0 fully saturated rings. The lowest BCUT2D eigenvalue weighted by molar-refractivity contribution is -0.742. The number of rotatable bonds is 3. The lowest BCUT2D eigenvalue weighted by Crippen LogP contribution is -2.02. The highest BCUT2D eigenvalue weighted by atomic mass is 16.9. The Morgan fingerprint density at radius 2 is 1.65 bits per heavy atom. The van der Waals surface area contributed by atoms with Gasteiger partial charge in [-0.25, -0.2) is 0 Å². The van der Waals surface area contributed by atoms with Crippen molar-refractivity contribution in [2.45, 2.75) is 40.0 Å². The molecule has 0 aromatic heterocycles. The predicted octanol–water partition coefficient (Wildman–Crippen LogP) is 2.61. The lowest BCUT2D eigenvalue weighted by atomic mass is 9.94. The quantitative estimate of drug-likeness (QED) is 0.482. The Labute approximate surface area is 101 Å². The first-order valence-corrected chi connectivity index (χ1v) is 5.70. The zero-order chi connectivity index (χ0) is 13.4. The van der Waals surface area contributed by atoms with Gasteiger partial charge in [-0.15, -0.1) is 10.1 Å². The van der Waals surface area contributed by atoms with Crippen LogP contribution in [0, 0.1) is 10.1 Å². The molecule has 1 aromatic rings. The van der Waals surface area contributed by atoms with Crippen molar-refractivity contribution in [1.29, 1.82) is 0 Å². The summed E-state index contributed by atoms with van der Waals surface area (Å²) in [6.45, 7) is 6.57. The number of aryl methyl sites for hydroxylation is 1. The summed E-state index contributed by atoms with van der Waals surface area (Å²) in [6, 6.07) is 4.20. The van der Waals surface area contributed by atoms with E-state index in [9.17, 15) is 0 Å². The highest BCUT2D eigenvalue weighted by Gasteiger charge is 2.06. The first-order valence-electron chi connectivity index (χ1n) is 5.70. The monoisotopic (exact) mass is 240 g/mol. The SMILES string of the molecule is CCc1ccc(N)c(CC)c1CC.O=[N+]([O-])O. The Balaban J connectivity index is 0.000000557. The van der Waals surface area contributed by atoms with Crippen LogP contribution in [0.5, 0.6) is 0 Å². The van der Waals surface area contributed by atoms with Gasteiger partial charge < -0.3 is 10.9 Å². The average Bonchev–Trinajstić information content (AvgIpc) is 2.27. The third kappa shape index (κ3) is 4.72. The molecule has 1 aromatic carbocycles. The lowest BCUT2D eigenvalue weighted by Gasteiger charge is -2.13. The van der Waals surface area contributed by atoms with E-state index in [-0.39, 0.29) is 0 Å². The fraction of sp³-hybridized carbons (Fsp3) is 0.500. The minimum Gasteiger partial charge on any atom is -0.398 e. The van der Waals surface area contributed by atoms with E-state index < -0.39 is 5.09 Å². The second-order valence-electron chi connectivity index (χ2n) is 3.57. The molecule has 0 spiro atoms. The zero-order valence-electron chi connectivity index (χ0n) is 10.6. The Hall–Kier alpha value is -1.78. The fourth-order valence-electron chi connectivity index (χ4n) is 1.95. The van der Waals surface area contributed by atoms with Crippen LogP contribution in [0.15, 0.2) is 12.1 Å². The zero-order valence-corrected chi connectivity index (χ0v) is 10.6. The molecule has 3 N–H and O–H groups in total. The molecule has 0 heterocycles. The molecule has 0 bridgehead atoms. The van der Waals surface area contributed by atoms with Crippen LogP contribution < -0.4 is 5.73 Å². The van der Waals surface area contributed by atoms with Gasteiger partial charge >= 0.3 is 0 Å². The van der Waals surface area contributed by atoms with Gasteiger partial charge in [0.05, 0.1) is 0 Å². The van der Waals surface area contributed by atoms with Crippen molar-refractivity contribution in [2.75, 3.05) is 5.73 Å². The maximum Gasteiger partial charge on any atom is 0.291 e. The van der Waals surface area contributed by atoms with Crippen LogP contribution in [-0.2, 0) is 19.3 Å². The van der Waals surface area contributed by atoms with Crippen LogP contribution in [0.2, 0.25) is 0 Å². The van der Waals surface area contributed by atoms with E-state index in [4.69, 9.17) is 21.1 Å². The van der Waals surface area contributed by atoms with Crippen LogP contribution in [0.3, 0.4) is 0 Å². The van der Waals surface area contributed by atoms with E-state index in [1.807, 2.05) is 6.07 Å². The largest absolute Gasteiger partial charge is 0.398 e. The number of nitrogens with two attached hydrogens (primary N) is 1. The Kier molecular flexibility index (Phi) is 6.70. The van der Waals surface area contributed by atoms with Gasteiger partial charge in [-0.3, -0.25) is 0 Å². The third-order valence-corrected chi connectivity index (χ3v) is 2.65. The van der Waals surface area contributed by atoms with Crippen LogP contribution in [0.1, 0.15) is 37.5 Å². The highest BCUT2D eigenvalue weighted by Crippen LogP contribution is 2.22. The molecule has 0 unspecified atom stereocenters. The Morgan fingerprint density at radius 1 is 1.18 bits per heavy atom. The first kappa shape index (κ1) is 15.2. The van der Waals surface area contributed by atoms with Crippen LogP contribution >= 0.6 is 0 Å². The summed E-state index contributed by atoms with van der Waals surface area (Å²) in [4.78, 5) is 8.36. The van der Waals surface area contributed by atoms with E-state index >= 15 is 0 Å². The number of nitrogens with zero attached hydrogens (tertiary/aromatic N) is 1. The molecule has 0 saturated heterocycles. The summed E-state index contributed by atoms with van der Waals surface area (Å²) in [5, 5.41) is 13.6. The molecule has 5 heteroatoms. The van der Waals surface area contributed by atoms with Gasteiger partial charge in [0.25, 0.3) is 5.09 Å². The van der Waals surface area contributed by atoms with E-state index in [1.165, 1.54) is 16.7 Å². The minimum atomic E-state index is -1.50.